The van der Waals surface area contributed by atoms with E-state index >= 15 is 0 Å². The van der Waals surface area contributed by atoms with Crippen molar-refractivity contribution in [2.75, 3.05) is 6.61 Å². The van der Waals surface area contributed by atoms with Gasteiger partial charge in [-0.05, 0) is 12.8 Å². The lowest BCUT2D eigenvalue weighted by Crippen LogP contribution is -2.25. The van der Waals surface area contributed by atoms with Gasteiger partial charge in [0.15, 0.2) is 29.4 Å². The minimum atomic E-state index is -0.910. The second-order valence-corrected chi connectivity index (χ2v) is 3.65. The van der Waals surface area contributed by atoms with Crippen molar-refractivity contribution in [1.29, 1.82) is 0 Å². The van der Waals surface area contributed by atoms with Crippen LogP contribution in [0.3, 0.4) is 0 Å². The van der Waals surface area contributed by atoms with Gasteiger partial charge in [-0.3, -0.25) is 0 Å². The Hall–Kier alpha value is -1.36. The Morgan fingerprint density at radius 3 is 2.75 bits per heavy atom. The first kappa shape index (κ1) is 11.1. The van der Waals surface area contributed by atoms with Crippen molar-refractivity contribution in [3.63, 3.8) is 0 Å². The van der Waals surface area contributed by atoms with E-state index in [1.165, 1.54) is 0 Å². The van der Waals surface area contributed by atoms with Gasteiger partial charge in [-0.2, -0.15) is 0 Å². The minimum absolute atomic E-state index is 0.234. The molecule has 5 heteroatoms. The predicted molar refractivity (Wildman–Crippen MR) is 52.2 cm³/mol. The molecule has 16 heavy (non-hydrogen) atoms. The summed E-state index contributed by atoms with van der Waals surface area (Å²) in [6.45, 7) is 0.562. The maximum atomic E-state index is 13.3. The lowest BCUT2D eigenvalue weighted by Gasteiger charge is -2.23. The molecule has 3 nitrogen and oxygen atoms in total. The quantitative estimate of drug-likeness (QED) is 0.848. The van der Waals surface area contributed by atoms with Gasteiger partial charge >= 0.3 is 0 Å². The summed E-state index contributed by atoms with van der Waals surface area (Å²) in [6.07, 6.45) is 2.01. The average Bonchev–Trinajstić information content (AvgIpc) is 2.27. The summed E-state index contributed by atoms with van der Waals surface area (Å²) in [5, 5.41) is 8.93. The largest absolute Gasteiger partial charge is 0.505 e. The molecule has 88 valence electrons. The third kappa shape index (κ3) is 2.41. The van der Waals surface area contributed by atoms with Crippen LogP contribution >= 0.6 is 0 Å². The van der Waals surface area contributed by atoms with Gasteiger partial charge in [0.05, 0.1) is 6.61 Å². The van der Waals surface area contributed by atoms with E-state index in [9.17, 15) is 8.78 Å². The number of benzene rings is 1. The van der Waals surface area contributed by atoms with Gasteiger partial charge < -0.3 is 14.6 Å². The molecule has 1 aliphatic rings. The molecule has 0 aromatic heterocycles. The highest BCUT2D eigenvalue weighted by Gasteiger charge is 2.18. The molecule has 0 spiro atoms. The van der Waals surface area contributed by atoms with E-state index < -0.39 is 23.7 Å². The number of aromatic hydroxyl groups is 1. The summed E-state index contributed by atoms with van der Waals surface area (Å²) < 4.78 is 36.7. The fourth-order valence-electron chi connectivity index (χ4n) is 1.55. The van der Waals surface area contributed by atoms with Gasteiger partial charge in [0.25, 0.3) is 0 Å². The molecule has 1 fully saturated rings. The van der Waals surface area contributed by atoms with Crippen LogP contribution in [0.2, 0.25) is 0 Å². The maximum Gasteiger partial charge on any atom is 0.199 e. The standard InChI is InChI=1S/C11H12F2O3/c12-7-6-10(8(13)5-9(7)14)16-11-3-1-2-4-15-11/h5-6,11,14H,1-4H2/t11-/m0/s1. The van der Waals surface area contributed by atoms with E-state index in [-0.39, 0.29) is 5.75 Å². The first-order valence-electron chi connectivity index (χ1n) is 5.13. The van der Waals surface area contributed by atoms with Crippen LogP contribution in [0, 0.1) is 11.6 Å². The zero-order valence-corrected chi connectivity index (χ0v) is 8.58. The van der Waals surface area contributed by atoms with Crippen molar-refractivity contribution in [2.24, 2.45) is 0 Å². The van der Waals surface area contributed by atoms with E-state index in [1.54, 1.807) is 0 Å². The Labute approximate surface area is 91.6 Å². The maximum absolute atomic E-state index is 13.3. The SMILES string of the molecule is Oc1cc(F)c(O[C@H]2CCCCO2)cc1F. The van der Waals surface area contributed by atoms with Gasteiger partial charge in [0.2, 0.25) is 0 Å². The summed E-state index contributed by atoms with van der Waals surface area (Å²) in [5.74, 6) is -2.67. The van der Waals surface area contributed by atoms with Crippen LogP contribution in [-0.2, 0) is 4.74 Å². The zero-order chi connectivity index (χ0) is 11.5. The van der Waals surface area contributed by atoms with Crippen LogP contribution in [0.25, 0.3) is 0 Å². The van der Waals surface area contributed by atoms with Crippen LogP contribution in [0.1, 0.15) is 19.3 Å². The number of halogens is 2. The Bertz CT molecular complexity index is 376. The van der Waals surface area contributed by atoms with E-state index in [0.29, 0.717) is 19.1 Å². The van der Waals surface area contributed by atoms with Gasteiger partial charge in [0.1, 0.15) is 0 Å². The number of rotatable bonds is 2. The average molecular weight is 230 g/mol. The molecule has 0 amide bonds. The second kappa shape index (κ2) is 4.65. The molecule has 1 aliphatic heterocycles. The van der Waals surface area contributed by atoms with Crippen molar-refractivity contribution in [1.82, 2.24) is 0 Å². The molecule has 0 bridgehead atoms. The molecular weight excluding hydrogens is 218 g/mol. The Kier molecular flexibility index (Phi) is 3.24. The molecule has 1 aromatic carbocycles. The summed E-state index contributed by atoms with van der Waals surface area (Å²) in [5.41, 5.74) is 0. The van der Waals surface area contributed by atoms with Gasteiger partial charge in [-0.1, -0.05) is 0 Å². The Balaban J connectivity index is 2.11. The number of phenols is 1. The number of hydrogen-bond acceptors (Lipinski definition) is 3. The molecule has 2 rings (SSSR count). The molecule has 1 saturated heterocycles. The molecule has 0 radical (unpaired) electrons. The van der Waals surface area contributed by atoms with Crippen LogP contribution in [-0.4, -0.2) is 18.0 Å². The topological polar surface area (TPSA) is 38.7 Å². The van der Waals surface area contributed by atoms with E-state index in [2.05, 4.69) is 0 Å². The van der Waals surface area contributed by atoms with E-state index in [4.69, 9.17) is 14.6 Å². The fourth-order valence-corrected chi connectivity index (χ4v) is 1.55. The van der Waals surface area contributed by atoms with Crippen molar-refractivity contribution in [3.05, 3.63) is 23.8 Å². The molecule has 1 N–H and O–H groups in total. The predicted octanol–water partition coefficient (Wildman–Crippen LogP) is 2.58. The Morgan fingerprint density at radius 2 is 2.06 bits per heavy atom. The van der Waals surface area contributed by atoms with Crippen molar-refractivity contribution < 1.29 is 23.4 Å². The van der Waals surface area contributed by atoms with Crippen LogP contribution in [0.4, 0.5) is 8.78 Å². The lowest BCUT2D eigenvalue weighted by atomic mass is 10.2. The van der Waals surface area contributed by atoms with Crippen LogP contribution in [0.15, 0.2) is 12.1 Å². The summed E-state index contributed by atoms with van der Waals surface area (Å²) in [4.78, 5) is 0. The molecule has 0 aliphatic carbocycles. The fraction of sp³-hybridized carbons (Fsp3) is 0.455. The van der Waals surface area contributed by atoms with Crippen molar-refractivity contribution in [2.45, 2.75) is 25.6 Å². The normalized spacial score (nSPS) is 20.8. The molecule has 1 aromatic rings. The highest BCUT2D eigenvalue weighted by molar-refractivity contribution is 5.33. The third-order valence-corrected chi connectivity index (χ3v) is 2.40. The number of ether oxygens (including phenoxy) is 2. The van der Waals surface area contributed by atoms with Crippen molar-refractivity contribution in [3.8, 4) is 11.5 Å². The summed E-state index contributed by atoms with van der Waals surface area (Å²) in [6, 6.07) is 1.51. The molecular formula is C11H12F2O3. The third-order valence-electron chi connectivity index (χ3n) is 2.40. The van der Waals surface area contributed by atoms with E-state index in [1.807, 2.05) is 0 Å². The number of phenolic OH excluding ortho intramolecular Hbond substituents is 1. The minimum Gasteiger partial charge on any atom is -0.505 e. The number of hydrogen-bond donors (Lipinski definition) is 1. The molecule has 0 unspecified atom stereocenters. The Morgan fingerprint density at radius 1 is 1.25 bits per heavy atom. The van der Waals surface area contributed by atoms with Gasteiger partial charge in [-0.15, -0.1) is 0 Å². The lowest BCUT2D eigenvalue weighted by molar-refractivity contribution is -0.107. The highest BCUT2D eigenvalue weighted by Crippen LogP contribution is 2.27. The zero-order valence-electron chi connectivity index (χ0n) is 8.58. The second-order valence-electron chi connectivity index (χ2n) is 3.65. The van der Waals surface area contributed by atoms with E-state index in [0.717, 1.165) is 18.9 Å². The van der Waals surface area contributed by atoms with Gasteiger partial charge in [-0.25, -0.2) is 8.78 Å². The first-order valence-corrected chi connectivity index (χ1v) is 5.13. The van der Waals surface area contributed by atoms with Crippen LogP contribution in [0.5, 0.6) is 11.5 Å². The molecule has 0 saturated carbocycles. The monoisotopic (exact) mass is 230 g/mol. The molecule has 1 heterocycles. The summed E-state index contributed by atoms with van der Waals surface area (Å²) in [7, 11) is 0. The van der Waals surface area contributed by atoms with Gasteiger partial charge in [0, 0.05) is 18.6 Å². The van der Waals surface area contributed by atoms with Crippen LogP contribution < -0.4 is 4.74 Å². The summed E-state index contributed by atoms with van der Waals surface area (Å²) >= 11 is 0. The van der Waals surface area contributed by atoms with Crippen molar-refractivity contribution >= 4 is 0 Å². The smallest absolute Gasteiger partial charge is 0.199 e. The first-order chi connectivity index (χ1) is 7.66. The molecule has 1 atom stereocenters. The highest BCUT2D eigenvalue weighted by atomic mass is 19.1.